The minimum Gasteiger partial charge on any atom is -0.274 e. The summed E-state index contributed by atoms with van der Waals surface area (Å²) in [6.45, 7) is 0. The SMILES string of the molecule is O=C1CCCC(=O)N1CI. The first-order valence-electron chi connectivity index (χ1n) is 3.15. The summed E-state index contributed by atoms with van der Waals surface area (Å²) in [5.74, 6) is -0.0451. The van der Waals surface area contributed by atoms with Crippen LogP contribution in [0.3, 0.4) is 0 Å². The van der Waals surface area contributed by atoms with Gasteiger partial charge in [-0.25, -0.2) is 0 Å². The summed E-state index contributed by atoms with van der Waals surface area (Å²) in [6.07, 6.45) is 1.80. The molecule has 0 aliphatic carbocycles. The molecule has 1 heterocycles. The van der Waals surface area contributed by atoms with E-state index in [1.807, 2.05) is 22.6 Å². The Bertz CT molecular complexity index is 153. The Hall–Kier alpha value is -0.130. The zero-order valence-electron chi connectivity index (χ0n) is 5.47. The molecule has 0 aromatic rings. The van der Waals surface area contributed by atoms with Gasteiger partial charge in [0.25, 0.3) is 0 Å². The smallest absolute Gasteiger partial charge is 0.229 e. The van der Waals surface area contributed by atoms with Gasteiger partial charge in [-0.3, -0.25) is 14.5 Å². The molecule has 1 saturated heterocycles. The molecule has 1 aliphatic rings. The van der Waals surface area contributed by atoms with Crippen LogP contribution in [-0.2, 0) is 9.59 Å². The first-order valence-corrected chi connectivity index (χ1v) is 4.67. The summed E-state index contributed by atoms with van der Waals surface area (Å²) in [5.41, 5.74) is 0. The average molecular weight is 253 g/mol. The van der Waals surface area contributed by atoms with Crippen LogP contribution in [0.5, 0.6) is 0 Å². The van der Waals surface area contributed by atoms with E-state index < -0.39 is 0 Å². The fourth-order valence-corrected chi connectivity index (χ4v) is 1.69. The Kier molecular flexibility index (Phi) is 2.64. The number of carbonyl (C=O) groups excluding carboxylic acids is 2. The zero-order chi connectivity index (χ0) is 7.56. The van der Waals surface area contributed by atoms with Gasteiger partial charge >= 0.3 is 0 Å². The minimum atomic E-state index is -0.0225. The molecule has 0 spiro atoms. The number of halogens is 1. The summed E-state index contributed by atoms with van der Waals surface area (Å²) in [4.78, 5) is 23.2. The van der Waals surface area contributed by atoms with E-state index in [9.17, 15) is 9.59 Å². The van der Waals surface area contributed by atoms with Gasteiger partial charge in [-0.15, -0.1) is 0 Å². The van der Waals surface area contributed by atoms with Crippen LogP contribution in [0, 0.1) is 0 Å². The van der Waals surface area contributed by atoms with E-state index >= 15 is 0 Å². The number of carbonyl (C=O) groups is 2. The summed E-state index contributed by atoms with van der Waals surface area (Å²) in [5, 5.41) is 0. The van der Waals surface area contributed by atoms with Crippen molar-refractivity contribution in [3.05, 3.63) is 0 Å². The average Bonchev–Trinajstić information content (AvgIpc) is 1.88. The maximum absolute atomic E-state index is 10.9. The van der Waals surface area contributed by atoms with Crippen molar-refractivity contribution in [3.63, 3.8) is 0 Å². The van der Waals surface area contributed by atoms with Crippen LogP contribution in [0.25, 0.3) is 0 Å². The summed E-state index contributed by atoms with van der Waals surface area (Å²) in [6, 6.07) is 0. The number of alkyl halides is 1. The lowest BCUT2D eigenvalue weighted by Crippen LogP contribution is -2.38. The Balaban J connectivity index is 2.62. The molecule has 0 aromatic carbocycles. The van der Waals surface area contributed by atoms with Crippen LogP contribution in [0.4, 0.5) is 0 Å². The molecule has 2 amide bonds. The topological polar surface area (TPSA) is 37.4 Å². The maximum atomic E-state index is 10.9. The Morgan fingerprint density at radius 2 is 1.80 bits per heavy atom. The molecule has 0 N–H and O–H groups in total. The molecule has 0 saturated carbocycles. The number of nitrogens with zero attached hydrogens (tertiary/aromatic N) is 1. The molecular weight excluding hydrogens is 245 g/mol. The first kappa shape index (κ1) is 7.97. The van der Waals surface area contributed by atoms with Crippen LogP contribution < -0.4 is 0 Å². The highest BCUT2D eigenvalue weighted by Crippen LogP contribution is 2.12. The molecule has 0 radical (unpaired) electrons. The largest absolute Gasteiger partial charge is 0.274 e. The predicted octanol–water partition coefficient (Wildman–Crippen LogP) is 0.918. The molecule has 4 heteroatoms. The fourth-order valence-electron chi connectivity index (χ4n) is 0.933. The lowest BCUT2D eigenvalue weighted by atomic mass is 10.1. The predicted molar refractivity (Wildman–Crippen MR) is 44.6 cm³/mol. The molecule has 1 fully saturated rings. The summed E-state index contributed by atoms with van der Waals surface area (Å²) >= 11 is 2.02. The standard InChI is InChI=1S/C6H8INO2/c7-4-8-5(9)2-1-3-6(8)10/h1-4H2. The van der Waals surface area contributed by atoms with E-state index in [4.69, 9.17) is 0 Å². The third-order valence-electron chi connectivity index (χ3n) is 1.50. The number of likely N-dealkylation sites (tertiary alicyclic amines) is 1. The van der Waals surface area contributed by atoms with Crippen molar-refractivity contribution in [3.8, 4) is 0 Å². The van der Waals surface area contributed by atoms with Gasteiger partial charge < -0.3 is 0 Å². The molecule has 56 valence electrons. The molecule has 0 atom stereocenters. The monoisotopic (exact) mass is 253 g/mol. The van der Waals surface area contributed by atoms with Crippen molar-refractivity contribution < 1.29 is 9.59 Å². The van der Waals surface area contributed by atoms with Crippen molar-refractivity contribution in [1.29, 1.82) is 0 Å². The molecule has 1 aliphatic heterocycles. The lowest BCUT2D eigenvalue weighted by molar-refractivity contribution is -0.146. The zero-order valence-corrected chi connectivity index (χ0v) is 7.63. The van der Waals surface area contributed by atoms with E-state index in [2.05, 4.69) is 0 Å². The van der Waals surface area contributed by atoms with Gasteiger partial charge in [0.1, 0.15) is 0 Å². The van der Waals surface area contributed by atoms with Crippen molar-refractivity contribution in [2.24, 2.45) is 0 Å². The van der Waals surface area contributed by atoms with Gasteiger partial charge in [0.2, 0.25) is 11.8 Å². The summed E-state index contributed by atoms with van der Waals surface area (Å²) in [7, 11) is 0. The van der Waals surface area contributed by atoms with E-state index in [0.29, 0.717) is 17.4 Å². The number of imide groups is 1. The van der Waals surface area contributed by atoms with Crippen LogP contribution in [0.1, 0.15) is 19.3 Å². The highest BCUT2D eigenvalue weighted by atomic mass is 127. The van der Waals surface area contributed by atoms with Crippen molar-refractivity contribution in [1.82, 2.24) is 4.90 Å². The molecule has 3 nitrogen and oxygen atoms in total. The van der Waals surface area contributed by atoms with Gasteiger partial charge in [-0.1, -0.05) is 22.6 Å². The van der Waals surface area contributed by atoms with Crippen LogP contribution in [0.2, 0.25) is 0 Å². The van der Waals surface area contributed by atoms with Crippen LogP contribution in [-0.4, -0.2) is 21.3 Å². The second kappa shape index (κ2) is 3.32. The van der Waals surface area contributed by atoms with Gasteiger partial charge in [0.05, 0.1) is 4.55 Å². The van der Waals surface area contributed by atoms with Crippen molar-refractivity contribution >= 4 is 34.4 Å². The molecular formula is C6H8INO2. The van der Waals surface area contributed by atoms with E-state index in [1.54, 1.807) is 0 Å². The fraction of sp³-hybridized carbons (Fsp3) is 0.667. The highest BCUT2D eigenvalue weighted by molar-refractivity contribution is 14.1. The van der Waals surface area contributed by atoms with Gasteiger partial charge in [0, 0.05) is 12.8 Å². The third kappa shape index (κ3) is 1.47. The minimum absolute atomic E-state index is 0.0225. The maximum Gasteiger partial charge on any atom is 0.229 e. The Morgan fingerprint density at radius 3 is 2.10 bits per heavy atom. The molecule has 0 unspecified atom stereocenters. The van der Waals surface area contributed by atoms with Gasteiger partial charge in [-0.2, -0.15) is 0 Å². The number of rotatable bonds is 1. The molecule has 0 aromatic heterocycles. The highest BCUT2D eigenvalue weighted by Gasteiger charge is 2.23. The molecule has 10 heavy (non-hydrogen) atoms. The molecule has 1 rings (SSSR count). The van der Waals surface area contributed by atoms with Crippen molar-refractivity contribution in [2.45, 2.75) is 19.3 Å². The first-order chi connectivity index (χ1) is 4.75. The van der Waals surface area contributed by atoms with Crippen LogP contribution in [0.15, 0.2) is 0 Å². The third-order valence-corrected chi connectivity index (χ3v) is 2.19. The van der Waals surface area contributed by atoms with Crippen molar-refractivity contribution in [2.75, 3.05) is 4.55 Å². The number of piperidine rings is 1. The quantitative estimate of drug-likeness (QED) is 0.301. The Morgan fingerprint density at radius 1 is 1.30 bits per heavy atom. The normalized spacial score (nSPS) is 19.9. The lowest BCUT2D eigenvalue weighted by Gasteiger charge is -2.21. The Labute approximate surface area is 72.9 Å². The van der Waals surface area contributed by atoms with E-state index in [-0.39, 0.29) is 11.8 Å². The van der Waals surface area contributed by atoms with Gasteiger partial charge in [0.15, 0.2) is 0 Å². The number of hydrogen-bond acceptors (Lipinski definition) is 2. The second-order valence-corrected chi connectivity index (χ2v) is 2.87. The van der Waals surface area contributed by atoms with Crippen LogP contribution >= 0.6 is 22.6 Å². The number of hydrogen-bond donors (Lipinski definition) is 0. The van der Waals surface area contributed by atoms with Gasteiger partial charge in [-0.05, 0) is 6.42 Å². The number of amides is 2. The van der Waals surface area contributed by atoms with E-state index in [0.717, 1.165) is 6.42 Å². The van der Waals surface area contributed by atoms with E-state index in [1.165, 1.54) is 4.90 Å². The second-order valence-electron chi connectivity index (χ2n) is 2.19. The summed E-state index contributed by atoms with van der Waals surface area (Å²) < 4.78 is 0.495. The molecule has 0 bridgehead atoms.